The molecule has 3 N–H and O–H groups in total. The van der Waals surface area contributed by atoms with Crippen molar-refractivity contribution in [3.63, 3.8) is 0 Å². The van der Waals surface area contributed by atoms with Crippen molar-refractivity contribution in [1.82, 2.24) is 5.32 Å². The van der Waals surface area contributed by atoms with Crippen LogP contribution in [0.5, 0.6) is 0 Å². The molecule has 0 fully saturated rings. The summed E-state index contributed by atoms with van der Waals surface area (Å²) in [4.78, 5) is 22.5. The fourth-order valence-electron chi connectivity index (χ4n) is 1.09. The third kappa shape index (κ3) is 4.10. The van der Waals surface area contributed by atoms with Gasteiger partial charge in [0.1, 0.15) is 11.6 Å². The van der Waals surface area contributed by atoms with Crippen molar-refractivity contribution in [1.29, 1.82) is 0 Å². The molecule has 1 atom stereocenters. The number of amides is 2. The Morgan fingerprint density at radius 3 is 2.56 bits per heavy atom. The molecule has 0 aliphatic heterocycles. The van der Waals surface area contributed by atoms with Gasteiger partial charge in [-0.05, 0) is 19.1 Å². The van der Waals surface area contributed by atoms with Gasteiger partial charge < -0.3 is 15.7 Å². The fourth-order valence-corrected chi connectivity index (χ4v) is 1.09. The Kier molecular flexibility index (Phi) is 4.73. The van der Waals surface area contributed by atoms with Gasteiger partial charge in [0.15, 0.2) is 0 Å². The van der Waals surface area contributed by atoms with E-state index < -0.39 is 29.6 Å². The highest BCUT2D eigenvalue weighted by Gasteiger charge is 2.15. The first-order valence-corrected chi connectivity index (χ1v) is 5.12. The molecule has 0 saturated carbocycles. The molecule has 0 aliphatic carbocycles. The highest BCUT2D eigenvalue weighted by molar-refractivity contribution is 6.39. The summed E-state index contributed by atoms with van der Waals surface area (Å²) in [5, 5.41) is 13.0. The Hall–Kier alpha value is -2.02. The fraction of sp³-hybridized carbons (Fsp3) is 0.273. The maximum absolute atomic E-state index is 13.2. The largest absolute Gasteiger partial charge is 0.392 e. The average Bonchev–Trinajstić information content (AvgIpc) is 2.29. The number of hydrogen-bond donors (Lipinski definition) is 3. The molecule has 0 spiro atoms. The van der Waals surface area contributed by atoms with E-state index in [9.17, 15) is 18.4 Å². The molecule has 0 bridgehead atoms. The number of carbonyl (C=O) groups excluding carboxylic acids is 2. The summed E-state index contributed by atoms with van der Waals surface area (Å²) < 4.78 is 25.8. The number of aliphatic hydroxyl groups is 1. The van der Waals surface area contributed by atoms with Gasteiger partial charge in [0.05, 0.1) is 11.8 Å². The molecule has 0 heterocycles. The smallest absolute Gasteiger partial charge is 0.313 e. The maximum Gasteiger partial charge on any atom is 0.313 e. The second-order valence-electron chi connectivity index (χ2n) is 3.64. The first-order chi connectivity index (χ1) is 8.40. The van der Waals surface area contributed by atoms with Crippen LogP contribution in [-0.2, 0) is 9.59 Å². The lowest BCUT2D eigenvalue weighted by atomic mass is 10.3. The van der Waals surface area contributed by atoms with Crippen LogP contribution < -0.4 is 10.6 Å². The Morgan fingerprint density at radius 2 is 2.00 bits per heavy atom. The third-order valence-corrected chi connectivity index (χ3v) is 1.94. The summed E-state index contributed by atoms with van der Waals surface area (Å²) in [6, 6.07) is 2.54. The van der Waals surface area contributed by atoms with Crippen molar-refractivity contribution < 1.29 is 23.5 Å². The van der Waals surface area contributed by atoms with E-state index in [1.165, 1.54) is 6.92 Å². The predicted molar refractivity (Wildman–Crippen MR) is 59.7 cm³/mol. The molecule has 1 aromatic carbocycles. The molecule has 0 saturated heterocycles. The van der Waals surface area contributed by atoms with Crippen molar-refractivity contribution in [3.05, 3.63) is 29.8 Å². The number of anilines is 1. The van der Waals surface area contributed by atoms with E-state index in [0.29, 0.717) is 6.07 Å². The van der Waals surface area contributed by atoms with Gasteiger partial charge in [0.25, 0.3) is 0 Å². The molecule has 1 rings (SSSR count). The van der Waals surface area contributed by atoms with E-state index in [1.807, 2.05) is 5.32 Å². The van der Waals surface area contributed by atoms with E-state index in [0.717, 1.165) is 12.1 Å². The lowest BCUT2D eigenvalue weighted by Gasteiger charge is -2.08. The Morgan fingerprint density at radius 1 is 1.33 bits per heavy atom. The molecule has 98 valence electrons. The molecule has 0 aromatic heterocycles. The standard InChI is InChI=1S/C11H12F2N2O3/c1-6(16)5-14-10(17)11(18)15-9-3-2-7(12)4-8(9)13/h2-4,6,16H,5H2,1H3,(H,14,17)(H,15,18)/t6-/m1/s1. The van der Waals surface area contributed by atoms with E-state index in [-0.39, 0.29) is 12.2 Å². The summed E-state index contributed by atoms with van der Waals surface area (Å²) in [5.74, 6) is -3.88. The number of rotatable bonds is 3. The molecule has 7 heteroatoms. The van der Waals surface area contributed by atoms with E-state index in [4.69, 9.17) is 5.11 Å². The summed E-state index contributed by atoms with van der Waals surface area (Å²) >= 11 is 0. The third-order valence-electron chi connectivity index (χ3n) is 1.94. The number of aliphatic hydroxyl groups excluding tert-OH is 1. The zero-order valence-corrected chi connectivity index (χ0v) is 9.54. The van der Waals surface area contributed by atoms with Crippen LogP contribution in [0, 0.1) is 11.6 Å². The van der Waals surface area contributed by atoms with Crippen molar-refractivity contribution in [2.75, 3.05) is 11.9 Å². The topological polar surface area (TPSA) is 78.4 Å². The monoisotopic (exact) mass is 258 g/mol. The van der Waals surface area contributed by atoms with Crippen molar-refractivity contribution in [3.8, 4) is 0 Å². The Bertz CT molecular complexity index is 464. The van der Waals surface area contributed by atoms with Crippen LogP contribution in [0.2, 0.25) is 0 Å². The Labute approximate surface area is 102 Å². The van der Waals surface area contributed by atoms with Gasteiger partial charge in [0, 0.05) is 12.6 Å². The van der Waals surface area contributed by atoms with Gasteiger partial charge in [-0.3, -0.25) is 9.59 Å². The molecule has 18 heavy (non-hydrogen) atoms. The Balaban J connectivity index is 2.61. The van der Waals surface area contributed by atoms with Gasteiger partial charge in [-0.1, -0.05) is 0 Å². The number of benzene rings is 1. The van der Waals surface area contributed by atoms with Crippen molar-refractivity contribution >= 4 is 17.5 Å². The zero-order valence-electron chi connectivity index (χ0n) is 9.54. The molecule has 2 amide bonds. The molecule has 0 unspecified atom stereocenters. The quantitative estimate of drug-likeness (QED) is 0.687. The number of nitrogens with one attached hydrogen (secondary N) is 2. The van der Waals surface area contributed by atoms with Gasteiger partial charge in [-0.15, -0.1) is 0 Å². The maximum atomic E-state index is 13.2. The summed E-state index contributed by atoms with van der Waals surface area (Å²) in [6.07, 6.45) is -0.802. The van der Waals surface area contributed by atoms with Crippen LogP contribution in [0.3, 0.4) is 0 Å². The molecule has 5 nitrogen and oxygen atoms in total. The van der Waals surface area contributed by atoms with Gasteiger partial charge >= 0.3 is 11.8 Å². The molecule has 1 aromatic rings. The average molecular weight is 258 g/mol. The van der Waals surface area contributed by atoms with Crippen molar-refractivity contribution in [2.24, 2.45) is 0 Å². The van der Waals surface area contributed by atoms with E-state index >= 15 is 0 Å². The SMILES string of the molecule is C[C@@H](O)CNC(=O)C(=O)Nc1ccc(F)cc1F. The second-order valence-corrected chi connectivity index (χ2v) is 3.64. The molecule has 0 aliphatic rings. The van der Waals surface area contributed by atoms with Crippen LogP contribution in [0.1, 0.15) is 6.92 Å². The molecular weight excluding hydrogens is 246 g/mol. The normalized spacial score (nSPS) is 11.8. The lowest BCUT2D eigenvalue weighted by Crippen LogP contribution is -2.38. The van der Waals surface area contributed by atoms with Crippen LogP contribution in [-0.4, -0.2) is 29.6 Å². The first-order valence-electron chi connectivity index (χ1n) is 5.12. The van der Waals surface area contributed by atoms with Gasteiger partial charge in [0.2, 0.25) is 0 Å². The number of halogens is 2. The minimum atomic E-state index is -1.10. The van der Waals surface area contributed by atoms with Crippen LogP contribution in [0.4, 0.5) is 14.5 Å². The lowest BCUT2D eigenvalue weighted by molar-refractivity contribution is -0.136. The highest BCUT2D eigenvalue weighted by atomic mass is 19.1. The molecular formula is C11H12F2N2O3. The van der Waals surface area contributed by atoms with E-state index in [1.54, 1.807) is 0 Å². The van der Waals surface area contributed by atoms with Crippen LogP contribution >= 0.6 is 0 Å². The van der Waals surface area contributed by atoms with Gasteiger partial charge in [-0.2, -0.15) is 0 Å². The van der Waals surface area contributed by atoms with Crippen LogP contribution in [0.25, 0.3) is 0 Å². The summed E-state index contributed by atoms with van der Waals surface area (Å²) in [6.45, 7) is 1.33. The highest BCUT2D eigenvalue weighted by Crippen LogP contribution is 2.14. The molecule has 0 radical (unpaired) electrons. The minimum Gasteiger partial charge on any atom is -0.392 e. The summed E-state index contributed by atoms with van der Waals surface area (Å²) in [5.41, 5.74) is -0.298. The minimum absolute atomic E-state index is 0.0991. The first kappa shape index (κ1) is 14.0. The van der Waals surface area contributed by atoms with Crippen molar-refractivity contribution in [2.45, 2.75) is 13.0 Å². The second kappa shape index (κ2) is 6.06. The van der Waals surface area contributed by atoms with E-state index in [2.05, 4.69) is 5.32 Å². The predicted octanol–water partition coefficient (Wildman–Crippen LogP) is 0.400. The van der Waals surface area contributed by atoms with Gasteiger partial charge in [-0.25, -0.2) is 8.78 Å². The van der Waals surface area contributed by atoms with Crippen LogP contribution in [0.15, 0.2) is 18.2 Å². The summed E-state index contributed by atoms with van der Waals surface area (Å²) in [7, 11) is 0. The number of hydrogen-bond acceptors (Lipinski definition) is 3. The zero-order chi connectivity index (χ0) is 13.7. The number of carbonyl (C=O) groups is 2.